The highest BCUT2D eigenvalue weighted by Crippen LogP contribution is 2.67. The van der Waals surface area contributed by atoms with Crippen LogP contribution in [-0.2, 0) is 14.3 Å². The van der Waals surface area contributed by atoms with Crippen molar-refractivity contribution in [1.82, 2.24) is 0 Å². The van der Waals surface area contributed by atoms with E-state index in [1.165, 1.54) is 18.4 Å². The molecule has 4 nitrogen and oxygen atoms in total. The van der Waals surface area contributed by atoms with Crippen molar-refractivity contribution in [3.05, 3.63) is 11.6 Å². The lowest BCUT2D eigenvalue weighted by Crippen LogP contribution is -2.54. The van der Waals surface area contributed by atoms with E-state index in [2.05, 4.69) is 27.7 Å². The molecule has 4 aliphatic rings. The zero-order valence-electron chi connectivity index (χ0n) is 19.4. The molecule has 0 amide bonds. The molecular weight excluding hydrogens is 376 g/mol. The van der Waals surface area contributed by atoms with Crippen molar-refractivity contribution >= 4 is 11.9 Å². The standard InChI is InChI=1S/C26H40O4/c1-5-7-14-29-24(28)30-22-9-8-20-23-17(6-2)15-18-16-19(27)10-12-25(18,3)21(23)11-13-26(20,22)4/h16-17,20-23H,5-15H2,1-4H3/t17-,20?,21?,22+,23?,25+,26+/m1/s1. The van der Waals surface area contributed by atoms with E-state index < -0.39 is 6.16 Å². The largest absolute Gasteiger partial charge is 0.508 e. The SMILES string of the molecule is CCCCOC(=O)O[C@H]1CCC2C3C(CC[C@@]21C)[C@@]1(C)CCC(=O)C=C1C[C@H]3CC. The third-order valence-corrected chi connectivity index (χ3v) is 9.53. The number of fused-ring (bicyclic) bond motifs is 5. The summed E-state index contributed by atoms with van der Waals surface area (Å²) in [5.74, 6) is 2.90. The fourth-order valence-corrected chi connectivity index (χ4v) is 7.72. The van der Waals surface area contributed by atoms with Gasteiger partial charge >= 0.3 is 6.16 Å². The Bertz CT molecular complexity index is 712. The summed E-state index contributed by atoms with van der Waals surface area (Å²) in [5, 5.41) is 0. The predicted molar refractivity (Wildman–Crippen MR) is 117 cm³/mol. The Morgan fingerprint density at radius 1 is 1.13 bits per heavy atom. The van der Waals surface area contributed by atoms with Crippen LogP contribution in [0.2, 0.25) is 0 Å². The van der Waals surface area contributed by atoms with Crippen LogP contribution in [0.5, 0.6) is 0 Å². The van der Waals surface area contributed by atoms with Gasteiger partial charge < -0.3 is 9.47 Å². The molecule has 4 rings (SSSR count). The first-order chi connectivity index (χ1) is 14.3. The zero-order chi connectivity index (χ0) is 21.5. The predicted octanol–water partition coefficient (Wildman–Crippen LogP) is 6.48. The van der Waals surface area contributed by atoms with Crippen LogP contribution in [0, 0.1) is 34.5 Å². The molecule has 0 saturated heterocycles. The van der Waals surface area contributed by atoms with Crippen LogP contribution < -0.4 is 0 Å². The molecule has 7 atom stereocenters. The molecule has 0 N–H and O–H groups in total. The number of carbonyl (C=O) groups is 2. The molecule has 4 heteroatoms. The fourth-order valence-electron chi connectivity index (χ4n) is 7.72. The van der Waals surface area contributed by atoms with Crippen molar-refractivity contribution in [2.75, 3.05) is 6.61 Å². The van der Waals surface area contributed by atoms with Crippen molar-refractivity contribution in [1.29, 1.82) is 0 Å². The third-order valence-electron chi connectivity index (χ3n) is 9.53. The average molecular weight is 417 g/mol. The summed E-state index contributed by atoms with van der Waals surface area (Å²) in [6.45, 7) is 9.67. The lowest BCUT2D eigenvalue weighted by Gasteiger charge is -2.60. The van der Waals surface area contributed by atoms with Crippen molar-refractivity contribution in [3.8, 4) is 0 Å². The molecule has 3 unspecified atom stereocenters. The Morgan fingerprint density at radius 2 is 1.93 bits per heavy atom. The molecule has 168 valence electrons. The highest BCUT2D eigenvalue weighted by molar-refractivity contribution is 5.91. The molecule has 3 fully saturated rings. The Morgan fingerprint density at radius 3 is 2.67 bits per heavy atom. The van der Waals surface area contributed by atoms with E-state index in [-0.39, 0.29) is 16.9 Å². The van der Waals surface area contributed by atoms with E-state index in [0.29, 0.717) is 42.5 Å². The maximum absolute atomic E-state index is 12.3. The van der Waals surface area contributed by atoms with Gasteiger partial charge in [-0.1, -0.05) is 46.1 Å². The molecule has 0 aromatic carbocycles. The van der Waals surface area contributed by atoms with E-state index in [1.54, 1.807) is 0 Å². The van der Waals surface area contributed by atoms with E-state index in [1.807, 2.05) is 6.08 Å². The van der Waals surface area contributed by atoms with Gasteiger partial charge in [-0.3, -0.25) is 4.79 Å². The highest BCUT2D eigenvalue weighted by Gasteiger charge is 2.62. The minimum absolute atomic E-state index is 0.0206. The Labute approximate surface area is 182 Å². The van der Waals surface area contributed by atoms with Crippen LogP contribution >= 0.6 is 0 Å². The van der Waals surface area contributed by atoms with Gasteiger partial charge in [0.1, 0.15) is 6.10 Å². The molecule has 4 aliphatic carbocycles. The molecule has 0 heterocycles. The topological polar surface area (TPSA) is 52.6 Å². The fraction of sp³-hybridized carbons (Fsp3) is 0.846. The van der Waals surface area contributed by atoms with Crippen LogP contribution in [0.4, 0.5) is 4.79 Å². The first kappa shape index (κ1) is 21.9. The minimum Gasteiger partial charge on any atom is -0.434 e. The number of carbonyl (C=O) groups excluding carboxylic acids is 2. The van der Waals surface area contributed by atoms with Crippen LogP contribution in [-0.4, -0.2) is 24.6 Å². The minimum atomic E-state index is -0.476. The van der Waals surface area contributed by atoms with Crippen molar-refractivity contribution < 1.29 is 19.1 Å². The van der Waals surface area contributed by atoms with Crippen molar-refractivity contribution in [2.24, 2.45) is 34.5 Å². The molecule has 0 bridgehead atoms. The second kappa shape index (κ2) is 8.31. The van der Waals surface area contributed by atoms with Gasteiger partial charge in [0.2, 0.25) is 0 Å². The first-order valence-corrected chi connectivity index (χ1v) is 12.4. The third kappa shape index (κ3) is 3.52. The van der Waals surface area contributed by atoms with E-state index >= 15 is 0 Å². The van der Waals surface area contributed by atoms with Gasteiger partial charge in [-0.25, -0.2) is 4.79 Å². The van der Waals surface area contributed by atoms with E-state index in [9.17, 15) is 9.59 Å². The van der Waals surface area contributed by atoms with Crippen LogP contribution in [0.25, 0.3) is 0 Å². The van der Waals surface area contributed by atoms with Gasteiger partial charge in [0.25, 0.3) is 0 Å². The molecule has 0 aromatic heterocycles. The molecule has 0 aliphatic heterocycles. The molecular formula is C26H40O4. The number of unbranched alkanes of at least 4 members (excludes halogenated alkanes) is 1. The van der Waals surface area contributed by atoms with Gasteiger partial charge in [0.05, 0.1) is 6.61 Å². The second-order valence-corrected chi connectivity index (χ2v) is 10.9. The summed E-state index contributed by atoms with van der Waals surface area (Å²) in [7, 11) is 0. The van der Waals surface area contributed by atoms with Crippen LogP contribution in [0.1, 0.15) is 91.9 Å². The van der Waals surface area contributed by atoms with Crippen molar-refractivity contribution in [2.45, 2.75) is 98.0 Å². The summed E-state index contributed by atoms with van der Waals surface area (Å²) in [5.41, 5.74) is 1.67. The lowest BCUT2D eigenvalue weighted by atomic mass is 9.44. The van der Waals surface area contributed by atoms with Crippen molar-refractivity contribution in [3.63, 3.8) is 0 Å². The average Bonchev–Trinajstić information content (AvgIpc) is 3.04. The summed E-state index contributed by atoms with van der Waals surface area (Å²) in [4.78, 5) is 24.4. The van der Waals surface area contributed by atoms with E-state index in [4.69, 9.17) is 9.47 Å². The summed E-state index contributed by atoms with van der Waals surface area (Å²) in [6.07, 6.45) is 11.8. The number of allylic oxidation sites excluding steroid dienone is 1. The van der Waals surface area contributed by atoms with Crippen LogP contribution in [0.3, 0.4) is 0 Å². The van der Waals surface area contributed by atoms with E-state index in [0.717, 1.165) is 44.9 Å². The molecule has 0 spiro atoms. The second-order valence-electron chi connectivity index (χ2n) is 10.9. The molecule has 3 saturated carbocycles. The Balaban J connectivity index is 1.54. The summed E-state index contributed by atoms with van der Waals surface area (Å²) < 4.78 is 11.2. The highest BCUT2D eigenvalue weighted by atomic mass is 16.7. The molecule has 0 radical (unpaired) electrons. The Hall–Kier alpha value is -1.32. The normalized spacial score (nSPS) is 42.6. The molecule has 0 aromatic rings. The van der Waals surface area contributed by atoms with Crippen LogP contribution in [0.15, 0.2) is 11.6 Å². The maximum Gasteiger partial charge on any atom is 0.508 e. The number of rotatable bonds is 5. The van der Waals surface area contributed by atoms with Gasteiger partial charge in [0.15, 0.2) is 5.78 Å². The molecule has 30 heavy (non-hydrogen) atoms. The van der Waals surface area contributed by atoms with Gasteiger partial charge in [-0.15, -0.1) is 0 Å². The van der Waals surface area contributed by atoms with Gasteiger partial charge in [-0.05, 0) is 80.1 Å². The summed E-state index contributed by atoms with van der Waals surface area (Å²) >= 11 is 0. The smallest absolute Gasteiger partial charge is 0.434 e. The lowest BCUT2D eigenvalue weighted by molar-refractivity contribution is -0.121. The number of ketones is 1. The zero-order valence-corrected chi connectivity index (χ0v) is 19.4. The maximum atomic E-state index is 12.3. The number of ether oxygens (including phenoxy) is 2. The monoisotopic (exact) mass is 416 g/mol. The van der Waals surface area contributed by atoms with Gasteiger partial charge in [-0.2, -0.15) is 0 Å². The quantitative estimate of drug-likeness (QED) is 0.380. The number of hydrogen-bond donors (Lipinski definition) is 0. The Kier molecular flexibility index (Phi) is 6.07. The number of hydrogen-bond acceptors (Lipinski definition) is 4. The summed E-state index contributed by atoms with van der Waals surface area (Å²) in [6, 6.07) is 0. The first-order valence-electron chi connectivity index (χ1n) is 12.4. The van der Waals surface area contributed by atoms with Gasteiger partial charge in [0, 0.05) is 11.8 Å².